The first-order valence-corrected chi connectivity index (χ1v) is 6.74. The van der Waals surface area contributed by atoms with E-state index in [0.717, 1.165) is 11.1 Å². The molecule has 2 N–H and O–H groups in total. The molecule has 7 nitrogen and oxygen atoms in total. The Bertz CT molecular complexity index is 421. The van der Waals surface area contributed by atoms with Gasteiger partial charge < -0.3 is 10.4 Å². The number of amides is 1. The monoisotopic (exact) mass is 272 g/mol. The predicted octanol–water partition coefficient (Wildman–Crippen LogP) is 0.234. The van der Waals surface area contributed by atoms with Crippen LogP contribution in [-0.4, -0.2) is 50.0 Å². The van der Waals surface area contributed by atoms with Gasteiger partial charge in [-0.2, -0.15) is 11.8 Å². The summed E-state index contributed by atoms with van der Waals surface area (Å²) in [5, 5.41) is 18.9. The first kappa shape index (κ1) is 14.5. The molecule has 0 aromatic carbocycles. The number of carboxylic acid groups (broad SMARTS) is 1. The Kier molecular flexibility index (Phi) is 5.63. The van der Waals surface area contributed by atoms with Gasteiger partial charge in [-0.05, 0) is 12.7 Å². The third-order valence-electron chi connectivity index (χ3n) is 2.31. The second-order valence-corrected chi connectivity index (χ2v) is 5.06. The second kappa shape index (κ2) is 7.00. The first-order valence-electron chi connectivity index (χ1n) is 5.46. The lowest BCUT2D eigenvalue weighted by atomic mass is 10.3. The summed E-state index contributed by atoms with van der Waals surface area (Å²) in [6.07, 6.45) is 4.21. The molecule has 0 aliphatic carbocycles. The quantitative estimate of drug-likeness (QED) is 0.737. The van der Waals surface area contributed by atoms with Gasteiger partial charge in [-0.25, -0.2) is 4.68 Å². The summed E-state index contributed by atoms with van der Waals surface area (Å²) >= 11 is 1.73. The fourth-order valence-corrected chi connectivity index (χ4v) is 1.57. The number of carbonyl (C=O) groups excluding carboxylic acids is 1. The minimum Gasteiger partial charge on any atom is -0.480 e. The number of rotatable bonds is 7. The van der Waals surface area contributed by atoms with Crippen molar-refractivity contribution >= 4 is 23.6 Å². The SMILES string of the molecule is CSC(C)CCNC(=O)c1cn(CC(=O)O)nn1. The minimum atomic E-state index is -1.03. The highest BCUT2D eigenvalue weighted by atomic mass is 32.2. The summed E-state index contributed by atoms with van der Waals surface area (Å²) in [6.45, 7) is 2.34. The van der Waals surface area contributed by atoms with Crippen LogP contribution in [0.4, 0.5) is 0 Å². The van der Waals surface area contributed by atoms with E-state index in [1.165, 1.54) is 6.20 Å². The van der Waals surface area contributed by atoms with Crippen LogP contribution in [0.3, 0.4) is 0 Å². The van der Waals surface area contributed by atoms with Crippen LogP contribution in [0.5, 0.6) is 0 Å². The van der Waals surface area contributed by atoms with E-state index in [0.29, 0.717) is 11.8 Å². The molecule has 1 aromatic heterocycles. The van der Waals surface area contributed by atoms with Crippen molar-refractivity contribution < 1.29 is 14.7 Å². The molecule has 100 valence electrons. The van der Waals surface area contributed by atoms with Gasteiger partial charge in [-0.1, -0.05) is 12.1 Å². The number of hydrogen-bond donors (Lipinski definition) is 2. The zero-order chi connectivity index (χ0) is 13.5. The highest BCUT2D eigenvalue weighted by Crippen LogP contribution is 2.08. The molecule has 18 heavy (non-hydrogen) atoms. The third kappa shape index (κ3) is 4.74. The summed E-state index contributed by atoms with van der Waals surface area (Å²) in [6, 6.07) is 0. The van der Waals surface area contributed by atoms with Crippen molar-refractivity contribution in [2.45, 2.75) is 25.1 Å². The lowest BCUT2D eigenvalue weighted by Gasteiger charge is -2.07. The molecule has 0 spiro atoms. The number of hydrogen-bond acceptors (Lipinski definition) is 5. The molecule has 0 saturated heterocycles. The first-order chi connectivity index (χ1) is 8.52. The van der Waals surface area contributed by atoms with Crippen molar-refractivity contribution in [1.82, 2.24) is 20.3 Å². The largest absolute Gasteiger partial charge is 0.480 e. The Morgan fingerprint density at radius 2 is 2.33 bits per heavy atom. The standard InChI is InChI=1S/C10H16N4O3S/c1-7(18-2)3-4-11-10(17)8-5-14(13-12-8)6-9(15)16/h5,7H,3-4,6H2,1-2H3,(H,11,17)(H,15,16). The average molecular weight is 272 g/mol. The summed E-state index contributed by atoms with van der Waals surface area (Å²) in [4.78, 5) is 22.1. The van der Waals surface area contributed by atoms with Crippen molar-refractivity contribution in [2.24, 2.45) is 0 Å². The van der Waals surface area contributed by atoms with Gasteiger partial charge in [0.1, 0.15) is 6.54 Å². The van der Waals surface area contributed by atoms with Crippen LogP contribution in [0.1, 0.15) is 23.8 Å². The van der Waals surface area contributed by atoms with Crippen LogP contribution >= 0.6 is 11.8 Å². The van der Waals surface area contributed by atoms with E-state index in [1.807, 2.05) is 6.26 Å². The van der Waals surface area contributed by atoms with E-state index in [9.17, 15) is 9.59 Å². The van der Waals surface area contributed by atoms with Crippen LogP contribution in [-0.2, 0) is 11.3 Å². The molecule has 1 amide bonds. The summed E-state index contributed by atoms with van der Waals surface area (Å²) < 4.78 is 1.11. The van der Waals surface area contributed by atoms with Crippen molar-refractivity contribution in [3.63, 3.8) is 0 Å². The number of carbonyl (C=O) groups is 2. The molecule has 1 aromatic rings. The predicted molar refractivity (Wildman–Crippen MR) is 67.6 cm³/mol. The molecule has 1 heterocycles. The molecule has 8 heteroatoms. The lowest BCUT2D eigenvalue weighted by molar-refractivity contribution is -0.137. The Morgan fingerprint density at radius 1 is 1.61 bits per heavy atom. The Balaban J connectivity index is 2.42. The van der Waals surface area contributed by atoms with Gasteiger partial charge in [0.15, 0.2) is 5.69 Å². The summed E-state index contributed by atoms with van der Waals surface area (Å²) in [5.74, 6) is -1.36. The molecular formula is C10H16N4O3S. The Hall–Kier alpha value is -1.57. The van der Waals surface area contributed by atoms with Gasteiger partial charge >= 0.3 is 5.97 Å². The number of aliphatic carboxylic acids is 1. The minimum absolute atomic E-state index is 0.132. The molecule has 0 fully saturated rings. The second-order valence-electron chi connectivity index (χ2n) is 3.79. The average Bonchev–Trinajstić information content (AvgIpc) is 2.76. The molecule has 0 saturated carbocycles. The van der Waals surface area contributed by atoms with Gasteiger partial charge in [-0.3, -0.25) is 9.59 Å². The van der Waals surface area contributed by atoms with Crippen molar-refractivity contribution in [2.75, 3.05) is 12.8 Å². The maximum absolute atomic E-state index is 11.6. The molecule has 0 aliphatic heterocycles. The number of aromatic nitrogens is 3. The number of carboxylic acids is 1. The van der Waals surface area contributed by atoms with Crippen molar-refractivity contribution in [3.8, 4) is 0 Å². The number of nitrogens with one attached hydrogen (secondary N) is 1. The molecule has 1 rings (SSSR count). The van der Waals surface area contributed by atoms with Gasteiger partial charge in [0.2, 0.25) is 0 Å². The van der Waals surface area contributed by atoms with Crippen molar-refractivity contribution in [3.05, 3.63) is 11.9 Å². The molecule has 1 atom stereocenters. The van der Waals surface area contributed by atoms with Crippen LogP contribution in [0.25, 0.3) is 0 Å². The Labute approximate surface area is 109 Å². The van der Waals surface area contributed by atoms with E-state index in [1.54, 1.807) is 11.8 Å². The molecule has 1 unspecified atom stereocenters. The van der Waals surface area contributed by atoms with Crippen molar-refractivity contribution in [1.29, 1.82) is 0 Å². The summed E-state index contributed by atoms with van der Waals surface area (Å²) in [7, 11) is 0. The lowest BCUT2D eigenvalue weighted by Crippen LogP contribution is -2.26. The molecular weight excluding hydrogens is 256 g/mol. The zero-order valence-corrected chi connectivity index (χ0v) is 11.1. The normalized spacial score (nSPS) is 12.1. The fourth-order valence-electron chi connectivity index (χ4n) is 1.22. The van der Waals surface area contributed by atoms with Crippen LogP contribution < -0.4 is 5.32 Å². The number of nitrogens with zero attached hydrogens (tertiary/aromatic N) is 3. The molecule has 0 radical (unpaired) electrons. The highest BCUT2D eigenvalue weighted by Gasteiger charge is 2.11. The summed E-state index contributed by atoms with van der Waals surface area (Å²) in [5.41, 5.74) is 0.132. The van der Waals surface area contributed by atoms with E-state index in [4.69, 9.17) is 5.11 Å². The van der Waals surface area contributed by atoms with Crippen LogP contribution in [0.15, 0.2) is 6.20 Å². The topological polar surface area (TPSA) is 97.1 Å². The van der Waals surface area contributed by atoms with E-state index < -0.39 is 5.97 Å². The smallest absolute Gasteiger partial charge is 0.325 e. The van der Waals surface area contributed by atoms with Crippen LogP contribution in [0, 0.1) is 0 Å². The van der Waals surface area contributed by atoms with E-state index in [2.05, 4.69) is 22.6 Å². The van der Waals surface area contributed by atoms with Crippen LogP contribution in [0.2, 0.25) is 0 Å². The maximum Gasteiger partial charge on any atom is 0.325 e. The maximum atomic E-state index is 11.6. The number of thioether (sulfide) groups is 1. The zero-order valence-electron chi connectivity index (χ0n) is 10.3. The van der Waals surface area contributed by atoms with Gasteiger partial charge in [-0.15, -0.1) is 5.10 Å². The molecule has 0 bridgehead atoms. The van der Waals surface area contributed by atoms with Gasteiger partial charge in [0.25, 0.3) is 5.91 Å². The van der Waals surface area contributed by atoms with E-state index >= 15 is 0 Å². The Morgan fingerprint density at radius 3 is 2.94 bits per heavy atom. The third-order valence-corrected chi connectivity index (χ3v) is 3.35. The van der Waals surface area contributed by atoms with Gasteiger partial charge in [0.05, 0.1) is 6.20 Å². The van der Waals surface area contributed by atoms with E-state index in [-0.39, 0.29) is 18.1 Å². The fraction of sp³-hybridized carbons (Fsp3) is 0.600. The van der Waals surface area contributed by atoms with Gasteiger partial charge in [0, 0.05) is 11.8 Å². The molecule has 0 aliphatic rings. The highest BCUT2D eigenvalue weighted by molar-refractivity contribution is 7.99.